The molecule has 0 bridgehead atoms. The van der Waals surface area contributed by atoms with Crippen LogP contribution < -0.4 is 5.32 Å². The van der Waals surface area contributed by atoms with Gasteiger partial charge >= 0.3 is 0 Å². The number of unbranched alkanes of at least 4 members (excludes halogenated alkanes) is 5. The molecular formula is C20H33NO. The Morgan fingerprint density at radius 3 is 2.27 bits per heavy atom. The summed E-state index contributed by atoms with van der Waals surface area (Å²) in [6.45, 7) is 7.33. The number of nitrogens with one attached hydrogen (secondary N) is 1. The molecule has 0 radical (unpaired) electrons. The maximum absolute atomic E-state index is 12.4. The minimum Gasteiger partial charge on any atom is -0.356 e. The van der Waals surface area contributed by atoms with Gasteiger partial charge in [0, 0.05) is 12.5 Å². The third-order valence-electron chi connectivity index (χ3n) is 4.27. The lowest BCUT2D eigenvalue weighted by atomic mass is 9.88. The highest BCUT2D eigenvalue weighted by atomic mass is 16.1. The summed E-state index contributed by atoms with van der Waals surface area (Å²) in [5.41, 5.74) is 1.25. The summed E-state index contributed by atoms with van der Waals surface area (Å²) >= 11 is 0. The summed E-state index contributed by atoms with van der Waals surface area (Å²) in [7, 11) is 0. The van der Waals surface area contributed by atoms with Gasteiger partial charge in [-0.25, -0.2) is 0 Å². The van der Waals surface area contributed by atoms with Crippen molar-refractivity contribution < 1.29 is 4.79 Å². The van der Waals surface area contributed by atoms with Crippen molar-refractivity contribution in [3.63, 3.8) is 0 Å². The average Bonchev–Trinajstić information content (AvgIpc) is 2.52. The van der Waals surface area contributed by atoms with E-state index >= 15 is 0 Å². The lowest BCUT2D eigenvalue weighted by molar-refractivity contribution is -0.126. The van der Waals surface area contributed by atoms with Gasteiger partial charge in [0.05, 0.1) is 0 Å². The molecule has 1 rings (SSSR count). The van der Waals surface area contributed by atoms with Crippen molar-refractivity contribution in [2.24, 2.45) is 11.8 Å². The third kappa shape index (κ3) is 7.63. The largest absolute Gasteiger partial charge is 0.356 e. The van der Waals surface area contributed by atoms with E-state index in [0.717, 1.165) is 19.4 Å². The molecule has 1 aromatic carbocycles. The van der Waals surface area contributed by atoms with Gasteiger partial charge in [0.1, 0.15) is 0 Å². The van der Waals surface area contributed by atoms with Crippen LogP contribution in [0.5, 0.6) is 0 Å². The molecule has 0 heterocycles. The molecule has 1 aromatic rings. The summed E-state index contributed by atoms with van der Waals surface area (Å²) in [6.07, 6.45) is 8.40. The van der Waals surface area contributed by atoms with Crippen molar-refractivity contribution in [2.45, 2.75) is 65.7 Å². The Bertz CT molecular complexity index is 399. The maximum Gasteiger partial charge on any atom is 0.223 e. The first-order chi connectivity index (χ1) is 10.6. The van der Waals surface area contributed by atoms with Crippen molar-refractivity contribution in [3.8, 4) is 0 Å². The molecule has 0 aliphatic rings. The first-order valence-corrected chi connectivity index (χ1v) is 8.96. The molecule has 0 aromatic heterocycles. The van der Waals surface area contributed by atoms with E-state index in [4.69, 9.17) is 0 Å². The fraction of sp³-hybridized carbons (Fsp3) is 0.650. The van der Waals surface area contributed by atoms with Crippen LogP contribution in [0.4, 0.5) is 0 Å². The Hall–Kier alpha value is -1.31. The highest BCUT2D eigenvalue weighted by molar-refractivity contribution is 5.79. The van der Waals surface area contributed by atoms with Crippen LogP contribution >= 0.6 is 0 Å². The van der Waals surface area contributed by atoms with Gasteiger partial charge in [-0.15, -0.1) is 0 Å². The van der Waals surface area contributed by atoms with Crippen LogP contribution in [0.3, 0.4) is 0 Å². The van der Waals surface area contributed by atoms with Gasteiger partial charge in [0.15, 0.2) is 0 Å². The van der Waals surface area contributed by atoms with Gasteiger partial charge in [0.25, 0.3) is 0 Å². The van der Waals surface area contributed by atoms with Crippen LogP contribution in [0.25, 0.3) is 0 Å². The van der Waals surface area contributed by atoms with Gasteiger partial charge in [-0.05, 0) is 24.3 Å². The summed E-state index contributed by atoms with van der Waals surface area (Å²) in [4.78, 5) is 12.4. The first kappa shape index (κ1) is 18.7. The van der Waals surface area contributed by atoms with Gasteiger partial charge in [-0.2, -0.15) is 0 Å². The first-order valence-electron chi connectivity index (χ1n) is 8.96. The van der Waals surface area contributed by atoms with Crippen LogP contribution in [0.2, 0.25) is 0 Å². The highest BCUT2D eigenvalue weighted by Crippen LogP contribution is 2.17. The highest BCUT2D eigenvalue weighted by Gasteiger charge is 2.21. The molecule has 0 aliphatic carbocycles. The van der Waals surface area contributed by atoms with Crippen LogP contribution in [0, 0.1) is 11.8 Å². The SMILES string of the molecule is CCCCCCCCNC(=O)C(Cc1ccccc1)C(C)C. The van der Waals surface area contributed by atoms with Crippen molar-refractivity contribution in [2.75, 3.05) is 6.54 Å². The van der Waals surface area contributed by atoms with Gasteiger partial charge < -0.3 is 5.32 Å². The number of carbonyl (C=O) groups is 1. The monoisotopic (exact) mass is 303 g/mol. The lowest BCUT2D eigenvalue weighted by Gasteiger charge is -2.20. The summed E-state index contributed by atoms with van der Waals surface area (Å²) in [6, 6.07) is 10.3. The van der Waals surface area contributed by atoms with E-state index in [2.05, 4.69) is 38.2 Å². The molecule has 0 saturated heterocycles. The Balaban J connectivity index is 2.30. The molecule has 1 unspecified atom stereocenters. The molecule has 2 nitrogen and oxygen atoms in total. The van der Waals surface area contributed by atoms with Crippen molar-refractivity contribution in [1.82, 2.24) is 5.32 Å². The van der Waals surface area contributed by atoms with Crippen molar-refractivity contribution >= 4 is 5.91 Å². The van der Waals surface area contributed by atoms with Crippen molar-refractivity contribution in [1.29, 1.82) is 0 Å². The minimum absolute atomic E-state index is 0.0718. The normalized spacial score (nSPS) is 12.4. The van der Waals surface area contributed by atoms with E-state index in [9.17, 15) is 4.79 Å². The molecule has 1 atom stereocenters. The fourth-order valence-electron chi connectivity index (χ4n) is 2.75. The van der Waals surface area contributed by atoms with Crippen LogP contribution in [0.15, 0.2) is 30.3 Å². The zero-order valence-corrected chi connectivity index (χ0v) is 14.6. The third-order valence-corrected chi connectivity index (χ3v) is 4.27. The van der Waals surface area contributed by atoms with Gasteiger partial charge in [-0.1, -0.05) is 83.2 Å². The predicted molar refractivity (Wildman–Crippen MR) is 94.9 cm³/mol. The number of hydrogen-bond donors (Lipinski definition) is 1. The molecule has 22 heavy (non-hydrogen) atoms. The van der Waals surface area contributed by atoms with E-state index in [1.165, 1.54) is 37.7 Å². The van der Waals surface area contributed by atoms with E-state index in [0.29, 0.717) is 5.92 Å². The number of carbonyl (C=O) groups excluding carboxylic acids is 1. The summed E-state index contributed by atoms with van der Waals surface area (Å²) in [5.74, 6) is 0.652. The van der Waals surface area contributed by atoms with Crippen LogP contribution in [-0.4, -0.2) is 12.5 Å². The fourth-order valence-corrected chi connectivity index (χ4v) is 2.75. The van der Waals surface area contributed by atoms with E-state index in [-0.39, 0.29) is 11.8 Å². The molecular weight excluding hydrogens is 270 g/mol. The van der Waals surface area contributed by atoms with Gasteiger partial charge in [0.2, 0.25) is 5.91 Å². The molecule has 0 fully saturated rings. The van der Waals surface area contributed by atoms with Crippen LogP contribution in [-0.2, 0) is 11.2 Å². The van der Waals surface area contributed by atoms with Crippen LogP contribution in [0.1, 0.15) is 64.9 Å². The Morgan fingerprint density at radius 2 is 1.64 bits per heavy atom. The number of rotatable bonds is 11. The topological polar surface area (TPSA) is 29.1 Å². The molecule has 0 spiro atoms. The minimum atomic E-state index is 0.0718. The summed E-state index contributed by atoms with van der Waals surface area (Å²) < 4.78 is 0. The maximum atomic E-state index is 12.4. The zero-order chi connectivity index (χ0) is 16.2. The number of benzene rings is 1. The second-order valence-electron chi connectivity index (χ2n) is 6.60. The second kappa shape index (κ2) is 11.3. The van der Waals surface area contributed by atoms with Gasteiger partial charge in [-0.3, -0.25) is 4.79 Å². The molecule has 0 aliphatic heterocycles. The smallest absolute Gasteiger partial charge is 0.223 e. The molecule has 2 heteroatoms. The zero-order valence-electron chi connectivity index (χ0n) is 14.6. The second-order valence-corrected chi connectivity index (χ2v) is 6.60. The Morgan fingerprint density at radius 1 is 1.00 bits per heavy atom. The quantitative estimate of drug-likeness (QED) is 0.574. The Labute approximate surface area is 136 Å². The molecule has 124 valence electrons. The number of hydrogen-bond acceptors (Lipinski definition) is 1. The average molecular weight is 303 g/mol. The molecule has 1 N–H and O–H groups in total. The standard InChI is InChI=1S/C20H33NO/c1-4-5-6-7-8-12-15-21-20(22)19(17(2)3)16-18-13-10-9-11-14-18/h9-11,13-14,17,19H,4-8,12,15-16H2,1-3H3,(H,21,22). The Kier molecular flexibility index (Phi) is 9.61. The van der Waals surface area contributed by atoms with E-state index in [1.807, 2.05) is 18.2 Å². The van der Waals surface area contributed by atoms with E-state index < -0.39 is 0 Å². The summed E-state index contributed by atoms with van der Waals surface area (Å²) in [5, 5.41) is 3.14. The lowest BCUT2D eigenvalue weighted by Crippen LogP contribution is -2.35. The molecule has 0 saturated carbocycles. The predicted octanol–water partition coefficient (Wildman–Crippen LogP) is 4.98. The van der Waals surface area contributed by atoms with Crippen molar-refractivity contribution in [3.05, 3.63) is 35.9 Å². The van der Waals surface area contributed by atoms with E-state index in [1.54, 1.807) is 0 Å². The molecule has 1 amide bonds. The number of amides is 1.